The van der Waals surface area contributed by atoms with E-state index in [1.54, 1.807) is 83.1 Å². The van der Waals surface area contributed by atoms with Crippen molar-refractivity contribution in [3.63, 3.8) is 0 Å². The van der Waals surface area contributed by atoms with E-state index in [0.717, 1.165) is 0 Å². The molecule has 0 saturated carbocycles. The molecule has 0 amide bonds. The molecule has 240 valence electrons. The molecule has 0 spiro atoms. The van der Waals surface area contributed by atoms with E-state index in [1.807, 2.05) is 0 Å². The van der Waals surface area contributed by atoms with Crippen molar-refractivity contribution in [2.45, 2.75) is 83.1 Å². The topological polar surface area (TPSA) is 176 Å². The molecule has 0 bridgehead atoms. The summed E-state index contributed by atoms with van der Waals surface area (Å²) in [4.78, 5) is 48.5. The van der Waals surface area contributed by atoms with Gasteiger partial charge in [0.2, 0.25) is 27.2 Å². The van der Waals surface area contributed by atoms with Crippen molar-refractivity contribution in [2.75, 3.05) is 33.1 Å². The number of carbonyl (C=O) groups excluding carboxylic acids is 4. The molecule has 0 N–H and O–H groups in total. The molecular weight excluding hydrogens is 586 g/mol. The summed E-state index contributed by atoms with van der Waals surface area (Å²) >= 11 is 0. The van der Waals surface area contributed by atoms with Crippen LogP contribution < -0.4 is 0 Å². The number of esters is 4. The van der Waals surface area contributed by atoms with Gasteiger partial charge < -0.3 is 18.9 Å². The van der Waals surface area contributed by atoms with Gasteiger partial charge in [-0.15, -0.1) is 0 Å². The average molecular weight is 633 g/mol. The summed E-state index contributed by atoms with van der Waals surface area (Å²) in [5.41, 5.74) is -3.70. The first-order valence-corrected chi connectivity index (χ1v) is 16.1. The predicted molar refractivity (Wildman–Crippen MR) is 146 cm³/mol. The minimum Gasteiger partial charge on any atom is -0.438 e. The van der Waals surface area contributed by atoms with Crippen molar-refractivity contribution in [3.05, 3.63) is 0 Å². The fourth-order valence-electron chi connectivity index (χ4n) is 1.96. The highest BCUT2D eigenvalue weighted by atomic mass is 31.2. The average Bonchev–Trinajstić information content (AvgIpc) is 2.76. The highest BCUT2D eigenvalue weighted by Gasteiger charge is 2.41. The van der Waals surface area contributed by atoms with Gasteiger partial charge in [-0.2, -0.15) is 0 Å². The maximum atomic E-state index is 13.6. The van der Waals surface area contributed by atoms with Crippen molar-refractivity contribution < 1.29 is 65.4 Å². The quantitative estimate of drug-likeness (QED) is 0.100. The summed E-state index contributed by atoms with van der Waals surface area (Å²) in [6, 6.07) is 0. The van der Waals surface area contributed by atoms with Gasteiger partial charge in [-0.1, -0.05) is 0 Å². The van der Waals surface area contributed by atoms with E-state index in [4.69, 9.17) is 37.0 Å². The number of hydrogen-bond donors (Lipinski definition) is 0. The molecule has 16 heteroatoms. The van der Waals surface area contributed by atoms with E-state index in [9.17, 15) is 28.3 Å². The van der Waals surface area contributed by atoms with E-state index in [0.29, 0.717) is 0 Å². The van der Waals surface area contributed by atoms with Crippen LogP contribution in [-0.2, 0) is 65.4 Å². The standard InChI is InChI=1S/C25H46O14P2/c1-22(2,3)18(26)32-13-36-40(30,37-14-33-19(27)23(4,5)6)17-41(31,38-15-34-20(28)24(7,8)9)39-16-35-21(29)25(10,11)12/h13-17H2,1-12H3. The lowest BCUT2D eigenvalue weighted by Crippen LogP contribution is -2.26. The smallest absolute Gasteiger partial charge is 0.348 e. The lowest BCUT2D eigenvalue weighted by Gasteiger charge is -2.25. The molecular formula is C25H46O14P2. The van der Waals surface area contributed by atoms with E-state index in [-0.39, 0.29) is 0 Å². The second kappa shape index (κ2) is 15.1. The molecule has 0 unspecified atom stereocenters. The Labute approximate surface area is 242 Å². The predicted octanol–water partition coefficient (Wildman–Crippen LogP) is 5.58. The zero-order chi connectivity index (χ0) is 32.5. The van der Waals surface area contributed by atoms with Gasteiger partial charge in [0.1, 0.15) is 0 Å². The van der Waals surface area contributed by atoms with Crippen molar-refractivity contribution >= 4 is 39.1 Å². The zero-order valence-corrected chi connectivity index (χ0v) is 27.9. The maximum Gasteiger partial charge on any atom is 0.348 e. The second-order valence-electron chi connectivity index (χ2n) is 13.1. The molecule has 0 saturated heterocycles. The normalized spacial score (nSPS) is 13.4. The molecule has 0 aliphatic heterocycles. The first kappa shape index (κ1) is 39.2. The van der Waals surface area contributed by atoms with Crippen molar-refractivity contribution in [1.29, 1.82) is 0 Å². The van der Waals surface area contributed by atoms with E-state index < -0.39 is 93.8 Å². The minimum atomic E-state index is -4.60. The lowest BCUT2D eigenvalue weighted by atomic mass is 9.98. The Bertz CT molecular complexity index is 857. The molecule has 0 aromatic heterocycles. The molecule has 0 radical (unpaired) electrons. The van der Waals surface area contributed by atoms with Gasteiger partial charge in [-0.3, -0.25) is 46.4 Å². The van der Waals surface area contributed by atoms with Crippen LogP contribution in [0.4, 0.5) is 0 Å². The van der Waals surface area contributed by atoms with Gasteiger partial charge in [-0.25, -0.2) is 0 Å². The molecule has 0 aromatic rings. The van der Waals surface area contributed by atoms with Crippen LogP contribution in [0.15, 0.2) is 0 Å². The molecule has 0 rings (SSSR count). The van der Waals surface area contributed by atoms with Crippen LogP contribution in [0, 0.1) is 21.7 Å². The Morgan fingerprint density at radius 1 is 0.415 bits per heavy atom. The first-order valence-electron chi connectivity index (χ1n) is 12.7. The van der Waals surface area contributed by atoms with Crippen LogP contribution in [0.5, 0.6) is 0 Å². The Morgan fingerprint density at radius 3 is 0.732 bits per heavy atom. The Hall–Kier alpha value is -1.82. The van der Waals surface area contributed by atoms with Crippen LogP contribution >= 0.6 is 15.2 Å². The second-order valence-corrected chi connectivity index (χ2v) is 17.7. The number of rotatable bonds is 14. The van der Waals surface area contributed by atoms with Gasteiger partial charge in [-0.05, 0) is 83.1 Å². The summed E-state index contributed by atoms with van der Waals surface area (Å²) in [6.07, 6.45) is 0. The Balaban J connectivity index is 5.92. The molecule has 14 nitrogen and oxygen atoms in total. The highest BCUT2D eigenvalue weighted by molar-refractivity contribution is 7.71. The van der Waals surface area contributed by atoms with Gasteiger partial charge in [0.25, 0.3) is 0 Å². The molecule has 0 fully saturated rings. The van der Waals surface area contributed by atoms with E-state index in [2.05, 4.69) is 0 Å². The maximum absolute atomic E-state index is 13.6. The fraction of sp³-hybridized carbons (Fsp3) is 0.840. The van der Waals surface area contributed by atoms with Crippen LogP contribution in [0.3, 0.4) is 0 Å². The molecule has 41 heavy (non-hydrogen) atoms. The van der Waals surface area contributed by atoms with E-state index >= 15 is 0 Å². The monoisotopic (exact) mass is 632 g/mol. The fourth-order valence-corrected chi connectivity index (χ4v) is 5.96. The third kappa shape index (κ3) is 15.8. The van der Waals surface area contributed by atoms with Gasteiger partial charge in [0.05, 0.1) is 21.7 Å². The largest absolute Gasteiger partial charge is 0.438 e. The van der Waals surface area contributed by atoms with Gasteiger partial charge >= 0.3 is 39.1 Å². The molecule has 0 atom stereocenters. The molecule has 0 heterocycles. The molecule has 0 aromatic carbocycles. The SMILES string of the molecule is CC(C)(C)C(=O)OCOP(=O)(CP(=O)(OCOC(=O)C(C)(C)C)OCOC(=O)C(C)(C)C)OCOC(=O)C(C)(C)C. The van der Waals surface area contributed by atoms with Crippen LogP contribution in [0.25, 0.3) is 0 Å². The Morgan fingerprint density at radius 2 is 0.585 bits per heavy atom. The van der Waals surface area contributed by atoms with Gasteiger partial charge in [0, 0.05) is 0 Å². The van der Waals surface area contributed by atoms with Crippen LogP contribution in [0.1, 0.15) is 83.1 Å². The minimum absolute atomic E-state index is 0.706. The third-order valence-electron chi connectivity index (χ3n) is 4.55. The molecule has 0 aliphatic carbocycles. The summed E-state index contributed by atoms with van der Waals surface area (Å²) in [5, 5.41) is 0. The summed E-state index contributed by atoms with van der Waals surface area (Å²) in [7, 11) is -9.20. The van der Waals surface area contributed by atoms with Crippen LogP contribution in [0.2, 0.25) is 0 Å². The summed E-state index contributed by atoms with van der Waals surface area (Å²) < 4.78 is 67.8. The van der Waals surface area contributed by atoms with Crippen molar-refractivity contribution in [3.8, 4) is 0 Å². The van der Waals surface area contributed by atoms with Crippen molar-refractivity contribution in [1.82, 2.24) is 0 Å². The number of hydrogen-bond acceptors (Lipinski definition) is 14. The first-order chi connectivity index (χ1) is 18.2. The summed E-state index contributed by atoms with van der Waals surface area (Å²) in [6.45, 7) is 15.3. The highest BCUT2D eigenvalue weighted by Crippen LogP contribution is 2.64. The Kier molecular flexibility index (Phi) is 14.4. The number of ether oxygens (including phenoxy) is 4. The van der Waals surface area contributed by atoms with Gasteiger partial charge in [0.15, 0.2) is 5.90 Å². The number of carbonyl (C=O) groups is 4. The lowest BCUT2D eigenvalue weighted by molar-refractivity contribution is -0.163. The third-order valence-corrected chi connectivity index (χ3v) is 9.32. The van der Waals surface area contributed by atoms with Crippen molar-refractivity contribution in [2.24, 2.45) is 21.7 Å². The zero-order valence-electron chi connectivity index (χ0n) is 26.1. The van der Waals surface area contributed by atoms with Crippen LogP contribution in [-0.4, -0.2) is 57.0 Å². The summed E-state index contributed by atoms with van der Waals surface area (Å²) in [5.74, 6) is -3.95. The molecule has 0 aliphatic rings. The van der Waals surface area contributed by atoms with E-state index in [1.165, 1.54) is 0 Å².